The van der Waals surface area contributed by atoms with Gasteiger partial charge in [0.05, 0.1) is 19.7 Å². The van der Waals surface area contributed by atoms with E-state index in [0.717, 1.165) is 16.3 Å². The highest BCUT2D eigenvalue weighted by Gasteiger charge is 2.02. The monoisotopic (exact) mass is 290 g/mol. The van der Waals surface area contributed by atoms with Crippen LogP contribution in [0, 0.1) is 0 Å². The average Bonchev–Trinajstić information content (AvgIpc) is 2.98. The summed E-state index contributed by atoms with van der Waals surface area (Å²) >= 11 is 1.64. The first-order chi connectivity index (χ1) is 9.78. The van der Waals surface area contributed by atoms with E-state index in [0.29, 0.717) is 13.2 Å². The van der Waals surface area contributed by atoms with Crippen LogP contribution < -0.4 is 15.4 Å². The molecule has 2 aromatic rings. The Hall–Kier alpha value is -2.01. The second-order valence-corrected chi connectivity index (χ2v) is 5.20. The molecule has 106 valence electrons. The van der Waals surface area contributed by atoms with Crippen molar-refractivity contribution in [1.29, 1.82) is 0 Å². The van der Waals surface area contributed by atoms with E-state index in [1.54, 1.807) is 11.3 Å². The number of anilines is 1. The molecule has 2 N–H and O–H groups in total. The molecule has 2 rings (SSSR count). The van der Waals surface area contributed by atoms with Crippen LogP contribution in [0.25, 0.3) is 0 Å². The fraction of sp³-hybridized carbons (Fsp3) is 0.267. The number of hydrogen-bond acceptors (Lipinski definition) is 4. The Labute approximate surface area is 122 Å². The fourth-order valence-corrected chi connectivity index (χ4v) is 2.32. The van der Waals surface area contributed by atoms with Crippen LogP contribution in [-0.2, 0) is 11.3 Å². The molecule has 0 aliphatic rings. The Kier molecular flexibility index (Phi) is 5.43. The number of thiophene rings is 1. The van der Waals surface area contributed by atoms with Crippen molar-refractivity contribution in [3.63, 3.8) is 0 Å². The minimum Gasteiger partial charge on any atom is -0.494 e. The molecule has 5 heteroatoms. The van der Waals surface area contributed by atoms with E-state index in [-0.39, 0.29) is 12.5 Å². The SMILES string of the molecule is CCOc1ccc(NCC(=O)NCc2cccs2)cc1. The van der Waals surface area contributed by atoms with Gasteiger partial charge in [-0.05, 0) is 42.6 Å². The Morgan fingerprint density at radius 2 is 2.05 bits per heavy atom. The summed E-state index contributed by atoms with van der Waals surface area (Å²) in [6, 6.07) is 11.6. The molecule has 0 aliphatic carbocycles. The maximum absolute atomic E-state index is 11.7. The largest absolute Gasteiger partial charge is 0.494 e. The lowest BCUT2D eigenvalue weighted by Gasteiger charge is -2.08. The first-order valence-electron chi connectivity index (χ1n) is 6.53. The molecular formula is C15H18N2O2S. The second kappa shape index (κ2) is 7.55. The average molecular weight is 290 g/mol. The van der Waals surface area contributed by atoms with Crippen LogP contribution in [0.1, 0.15) is 11.8 Å². The standard InChI is InChI=1S/C15H18N2O2S/c1-2-19-13-7-5-12(6-8-13)16-11-15(18)17-10-14-4-3-9-20-14/h3-9,16H,2,10-11H2,1H3,(H,17,18). The van der Waals surface area contributed by atoms with Crippen molar-refractivity contribution in [3.05, 3.63) is 46.7 Å². The van der Waals surface area contributed by atoms with E-state index in [4.69, 9.17) is 4.74 Å². The van der Waals surface area contributed by atoms with E-state index in [2.05, 4.69) is 10.6 Å². The van der Waals surface area contributed by atoms with Gasteiger partial charge in [0.15, 0.2) is 0 Å². The lowest BCUT2D eigenvalue weighted by atomic mass is 10.3. The molecule has 0 bridgehead atoms. The molecule has 0 saturated carbocycles. The van der Waals surface area contributed by atoms with Gasteiger partial charge in [-0.3, -0.25) is 4.79 Å². The second-order valence-electron chi connectivity index (χ2n) is 4.17. The molecule has 0 aliphatic heterocycles. The molecule has 0 atom stereocenters. The number of carbonyl (C=O) groups excluding carboxylic acids is 1. The minimum atomic E-state index is -0.0210. The quantitative estimate of drug-likeness (QED) is 0.824. The summed E-state index contributed by atoms with van der Waals surface area (Å²) in [5, 5.41) is 7.95. The summed E-state index contributed by atoms with van der Waals surface area (Å²) in [6.07, 6.45) is 0. The van der Waals surface area contributed by atoms with Crippen LogP contribution >= 0.6 is 11.3 Å². The van der Waals surface area contributed by atoms with Crippen LogP contribution in [0.2, 0.25) is 0 Å². The molecular weight excluding hydrogens is 272 g/mol. The van der Waals surface area contributed by atoms with Gasteiger partial charge in [0.1, 0.15) is 5.75 Å². The van der Waals surface area contributed by atoms with Crippen molar-refractivity contribution in [2.45, 2.75) is 13.5 Å². The summed E-state index contributed by atoms with van der Waals surface area (Å²) < 4.78 is 5.36. The molecule has 1 heterocycles. The van der Waals surface area contributed by atoms with Gasteiger partial charge in [0, 0.05) is 10.6 Å². The summed E-state index contributed by atoms with van der Waals surface area (Å²) in [5.41, 5.74) is 0.903. The number of hydrogen-bond donors (Lipinski definition) is 2. The van der Waals surface area contributed by atoms with Crippen LogP contribution in [0.15, 0.2) is 41.8 Å². The van der Waals surface area contributed by atoms with E-state index in [1.807, 2.05) is 48.7 Å². The third-order valence-electron chi connectivity index (χ3n) is 2.66. The molecule has 20 heavy (non-hydrogen) atoms. The van der Waals surface area contributed by atoms with Crippen molar-refractivity contribution in [2.75, 3.05) is 18.5 Å². The predicted molar refractivity (Wildman–Crippen MR) is 82.3 cm³/mol. The van der Waals surface area contributed by atoms with Crippen molar-refractivity contribution < 1.29 is 9.53 Å². The van der Waals surface area contributed by atoms with Crippen molar-refractivity contribution in [1.82, 2.24) is 5.32 Å². The molecule has 0 spiro atoms. The zero-order valence-corrected chi connectivity index (χ0v) is 12.2. The Balaban J connectivity index is 1.72. The molecule has 0 fully saturated rings. The number of amides is 1. The van der Waals surface area contributed by atoms with Crippen molar-refractivity contribution in [3.8, 4) is 5.75 Å². The van der Waals surface area contributed by atoms with E-state index in [1.165, 1.54) is 0 Å². The van der Waals surface area contributed by atoms with Gasteiger partial charge in [-0.25, -0.2) is 0 Å². The first kappa shape index (κ1) is 14.4. The number of benzene rings is 1. The van der Waals surface area contributed by atoms with E-state index < -0.39 is 0 Å². The maximum atomic E-state index is 11.7. The maximum Gasteiger partial charge on any atom is 0.239 e. The summed E-state index contributed by atoms with van der Waals surface area (Å²) in [6.45, 7) is 3.45. The number of carbonyl (C=O) groups is 1. The number of rotatable bonds is 7. The smallest absolute Gasteiger partial charge is 0.239 e. The highest BCUT2D eigenvalue weighted by Crippen LogP contribution is 2.15. The van der Waals surface area contributed by atoms with Crippen molar-refractivity contribution in [2.24, 2.45) is 0 Å². The summed E-state index contributed by atoms with van der Waals surface area (Å²) in [5.74, 6) is 0.812. The molecule has 0 radical (unpaired) electrons. The van der Waals surface area contributed by atoms with Gasteiger partial charge in [-0.2, -0.15) is 0 Å². The fourth-order valence-electron chi connectivity index (χ4n) is 1.68. The number of nitrogens with one attached hydrogen (secondary N) is 2. The third kappa shape index (κ3) is 4.59. The topological polar surface area (TPSA) is 50.4 Å². The first-order valence-corrected chi connectivity index (χ1v) is 7.41. The molecule has 1 aromatic carbocycles. The highest BCUT2D eigenvalue weighted by molar-refractivity contribution is 7.09. The van der Waals surface area contributed by atoms with Gasteiger partial charge in [-0.1, -0.05) is 6.07 Å². The van der Waals surface area contributed by atoms with Gasteiger partial charge in [-0.15, -0.1) is 11.3 Å². The molecule has 0 unspecified atom stereocenters. The van der Waals surface area contributed by atoms with E-state index >= 15 is 0 Å². The third-order valence-corrected chi connectivity index (χ3v) is 3.53. The predicted octanol–water partition coefficient (Wildman–Crippen LogP) is 2.88. The van der Waals surface area contributed by atoms with Crippen molar-refractivity contribution >= 4 is 22.9 Å². The minimum absolute atomic E-state index is 0.0210. The summed E-state index contributed by atoms with van der Waals surface area (Å²) in [7, 11) is 0. The zero-order chi connectivity index (χ0) is 14.2. The van der Waals surface area contributed by atoms with Crippen LogP contribution in [-0.4, -0.2) is 19.1 Å². The molecule has 4 nitrogen and oxygen atoms in total. The lowest BCUT2D eigenvalue weighted by Crippen LogP contribution is -2.29. The molecule has 1 amide bonds. The summed E-state index contributed by atoms with van der Waals surface area (Å²) in [4.78, 5) is 12.8. The molecule has 1 aromatic heterocycles. The van der Waals surface area contributed by atoms with Gasteiger partial charge in [0.2, 0.25) is 5.91 Å². The zero-order valence-electron chi connectivity index (χ0n) is 11.4. The van der Waals surface area contributed by atoms with Crippen LogP contribution in [0.3, 0.4) is 0 Å². The Bertz CT molecular complexity index is 523. The van der Waals surface area contributed by atoms with Gasteiger partial charge >= 0.3 is 0 Å². The van der Waals surface area contributed by atoms with Gasteiger partial charge < -0.3 is 15.4 Å². The van der Waals surface area contributed by atoms with Crippen LogP contribution in [0.4, 0.5) is 5.69 Å². The van der Waals surface area contributed by atoms with Gasteiger partial charge in [0.25, 0.3) is 0 Å². The highest BCUT2D eigenvalue weighted by atomic mass is 32.1. The van der Waals surface area contributed by atoms with E-state index in [9.17, 15) is 4.79 Å². The van der Waals surface area contributed by atoms with Crippen LogP contribution in [0.5, 0.6) is 5.75 Å². The Morgan fingerprint density at radius 3 is 2.70 bits per heavy atom. The lowest BCUT2D eigenvalue weighted by molar-refractivity contribution is -0.119. The normalized spacial score (nSPS) is 10.1. The number of ether oxygens (including phenoxy) is 1. The Morgan fingerprint density at radius 1 is 1.25 bits per heavy atom. The molecule has 0 saturated heterocycles.